The topological polar surface area (TPSA) is 116 Å². The first-order valence-corrected chi connectivity index (χ1v) is 15.4. The summed E-state index contributed by atoms with van der Waals surface area (Å²) in [5, 5.41) is 8.69. The molecule has 3 aromatic carbocycles. The fourth-order valence-electron chi connectivity index (χ4n) is 4.08. The fourth-order valence-corrected chi connectivity index (χ4v) is 5.02. The van der Waals surface area contributed by atoms with Crippen LogP contribution in [0.1, 0.15) is 53.5 Å². The monoisotopic (exact) mass is 598 g/mol. The summed E-state index contributed by atoms with van der Waals surface area (Å²) in [7, 11) is -0.929. The second-order valence-corrected chi connectivity index (χ2v) is 11.5. The molecule has 0 aromatic heterocycles. The van der Waals surface area contributed by atoms with Crippen molar-refractivity contribution in [2.24, 2.45) is 0 Å². The van der Waals surface area contributed by atoms with Crippen LogP contribution in [0.4, 0.5) is 0 Å². The molecular weight excluding hydrogens is 556 g/mol. The Morgan fingerprint density at radius 3 is 1.64 bits per heavy atom. The molecule has 3 rings (SSSR count). The third kappa shape index (κ3) is 13.4. The molecule has 0 heterocycles. The molecule has 0 atom stereocenters. The van der Waals surface area contributed by atoms with Gasteiger partial charge in [-0.15, -0.1) is 0 Å². The number of unbranched alkanes of at least 4 members (excludes halogenated alkanes) is 2. The van der Waals surface area contributed by atoms with Gasteiger partial charge in [-0.2, -0.15) is 8.42 Å². The lowest BCUT2D eigenvalue weighted by Gasteiger charge is -2.07. The van der Waals surface area contributed by atoms with Gasteiger partial charge < -0.3 is 14.6 Å². The molecule has 0 unspecified atom stereocenters. The minimum atomic E-state index is -3.70. The van der Waals surface area contributed by atoms with Gasteiger partial charge in [-0.05, 0) is 79.8 Å². The van der Waals surface area contributed by atoms with Crippen LogP contribution < -0.4 is 0 Å². The highest BCUT2D eigenvalue weighted by Crippen LogP contribution is 2.15. The first-order valence-electron chi connectivity index (χ1n) is 14.0. The van der Waals surface area contributed by atoms with Crippen LogP contribution in [0.3, 0.4) is 0 Å². The third-order valence-electron chi connectivity index (χ3n) is 6.42. The maximum Gasteiger partial charge on any atom is 0.309 e. The quantitative estimate of drug-likeness (QED) is 0.145. The lowest BCUT2D eigenvalue weighted by Crippen LogP contribution is -2.08. The van der Waals surface area contributed by atoms with Crippen LogP contribution in [0.15, 0.2) is 77.7 Å². The summed E-state index contributed by atoms with van der Waals surface area (Å²) in [6, 6.07) is 22.3. The van der Waals surface area contributed by atoms with Gasteiger partial charge in [0, 0.05) is 6.61 Å². The summed E-state index contributed by atoms with van der Waals surface area (Å²) < 4.78 is 38.6. The van der Waals surface area contributed by atoms with Crippen LogP contribution in [0.25, 0.3) is 0 Å². The van der Waals surface area contributed by atoms with Crippen molar-refractivity contribution < 1.29 is 36.8 Å². The number of carbonyl (C=O) groups excluding carboxylic acids is 2. The van der Waals surface area contributed by atoms with Crippen LogP contribution >= 0.6 is 0 Å². The SMILES string of the molecule is COC(=O)Cc1cccc(CCCCO)c1.COC(=O)Cc1cccc(CCCCOS(=O)(=O)c2ccc(C)cc2)c1. The number of aliphatic hydroxyl groups is 1. The molecule has 0 saturated heterocycles. The van der Waals surface area contributed by atoms with Crippen molar-refractivity contribution in [1.82, 2.24) is 0 Å². The summed E-state index contributed by atoms with van der Waals surface area (Å²) >= 11 is 0. The van der Waals surface area contributed by atoms with E-state index < -0.39 is 10.1 Å². The molecule has 0 bridgehead atoms. The van der Waals surface area contributed by atoms with E-state index in [1.54, 1.807) is 24.3 Å². The lowest BCUT2D eigenvalue weighted by atomic mass is 10.0. The Kier molecular flexibility index (Phi) is 15.5. The number of hydrogen-bond acceptors (Lipinski definition) is 8. The van der Waals surface area contributed by atoms with Gasteiger partial charge in [0.25, 0.3) is 10.1 Å². The van der Waals surface area contributed by atoms with Crippen molar-refractivity contribution >= 4 is 22.1 Å². The van der Waals surface area contributed by atoms with Gasteiger partial charge in [-0.25, -0.2) is 0 Å². The largest absolute Gasteiger partial charge is 0.469 e. The summed E-state index contributed by atoms with van der Waals surface area (Å²) in [5.74, 6) is -0.482. The fraction of sp³-hybridized carbons (Fsp3) is 0.394. The van der Waals surface area contributed by atoms with Crippen LogP contribution in [0.5, 0.6) is 0 Å². The molecule has 42 heavy (non-hydrogen) atoms. The highest BCUT2D eigenvalue weighted by Gasteiger charge is 2.14. The highest BCUT2D eigenvalue weighted by atomic mass is 32.2. The van der Waals surface area contributed by atoms with Crippen molar-refractivity contribution in [2.75, 3.05) is 27.4 Å². The van der Waals surface area contributed by atoms with Crippen LogP contribution in [-0.4, -0.2) is 52.9 Å². The molecule has 0 aliphatic heterocycles. The standard InChI is InChI=1S/C20H24O5S.C13H18O3/c1-16-9-11-19(12-10-16)26(22,23)25-13-4-3-6-17-7-5-8-18(14-17)15-20(21)24-2;1-16-13(15)10-12-7-4-6-11(9-12)5-2-3-8-14/h5,7-12,14H,3-4,6,13,15H2,1-2H3;4,6-7,9,14H,2-3,5,8,10H2,1H3. The second-order valence-electron chi connectivity index (χ2n) is 9.87. The van der Waals surface area contributed by atoms with E-state index in [1.807, 2.05) is 55.5 Å². The Morgan fingerprint density at radius 2 is 1.17 bits per heavy atom. The van der Waals surface area contributed by atoms with Gasteiger partial charge in [0.2, 0.25) is 0 Å². The number of rotatable bonds is 15. The van der Waals surface area contributed by atoms with Crippen LogP contribution in [-0.2, 0) is 59.0 Å². The maximum atomic E-state index is 12.1. The van der Waals surface area contributed by atoms with E-state index in [9.17, 15) is 18.0 Å². The van der Waals surface area contributed by atoms with E-state index in [2.05, 4.69) is 9.47 Å². The number of hydrogen-bond donors (Lipinski definition) is 1. The second kappa shape index (κ2) is 18.8. The molecule has 8 nitrogen and oxygen atoms in total. The zero-order valence-corrected chi connectivity index (χ0v) is 25.5. The summed E-state index contributed by atoms with van der Waals surface area (Å²) in [4.78, 5) is 22.6. The third-order valence-corrected chi connectivity index (χ3v) is 7.74. The Balaban J connectivity index is 0.000000330. The molecule has 1 N–H and O–H groups in total. The number of methoxy groups -OCH3 is 2. The molecule has 3 aromatic rings. The number of benzene rings is 3. The van der Waals surface area contributed by atoms with E-state index in [4.69, 9.17) is 9.29 Å². The predicted octanol–water partition coefficient (Wildman–Crippen LogP) is 5.16. The van der Waals surface area contributed by atoms with Crippen molar-refractivity contribution in [1.29, 1.82) is 0 Å². The highest BCUT2D eigenvalue weighted by molar-refractivity contribution is 7.86. The van der Waals surface area contributed by atoms with Gasteiger partial charge in [-0.3, -0.25) is 13.8 Å². The van der Waals surface area contributed by atoms with Crippen LogP contribution in [0, 0.1) is 6.92 Å². The molecule has 0 fully saturated rings. The number of aryl methyl sites for hydroxylation is 3. The molecule has 0 radical (unpaired) electrons. The maximum absolute atomic E-state index is 12.1. The van der Waals surface area contributed by atoms with Crippen LogP contribution in [0.2, 0.25) is 0 Å². The number of esters is 2. The van der Waals surface area contributed by atoms with Gasteiger partial charge in [0.05, 0.1) is 38.6 Å². The molecule has 0 amide bonds. The minimum Gasteiger partial charge on any atom is -0.469 e. The predicted molar refractivity (Wildman–Crippen MR) is 162 cm³/mol. The van der Waals surface area contributed by atoms with Crippen molar-refractivity contribution in [2.45, 2.75) is 63.2 Å². The zero-order valence-electron chi connectivity index (χ0n) is 24.7. The molecule has 0 aliphatic rings. The van der Waals surface area contributed by atoms with E-state index >= 15 is 0 Å². The molecule has 0 spiro atoms. The molecular formula is C33H42O8S. The number of carbonyl (C=O) groups is 2. The number of aliphatic hydroxyl groups excluding tert-OH is 1. The van der Waals surface area contributed by atoms with E-state index in [-0.39, 0.29) is 36.5 Å². The summed E-state index contributed by atoms with van der Waals surface area (Å²) in [6.07, 6.45) is 5.53. The molecule has 0 saturated carbocycles. The molecule has 9 heteroatoms. The lowest BCUT2D eigenvalue weighted by molar-refractivity contribution is -0.140. The average Bonchev–Trinajstić information content (AvgIpc) is 2.98. The Morgan fingerprint density at radius 1 is 0.690 bits per heavy atom. The molecule has 0 aliphatic carbocycles. The smallest absolute Gasteiger partial charge is 0.309 e. The van der Waals surface area contributed by atoms with Crippen molar-refractivity contribution in [3.8, 4) is 0 Å². The first kappa shape index (κ1) is 34.7. The summed E-state index contributed by atoms with van der Waals surface area (Å²) in [5.41, 5.74) is 5.20. The Bertz CT molecular complexity index is 1350. The normalized spacial score (nSPS) is 10.9. The van der Waals surface area contributed by atoms with Gasteiger partial charge >= 0.3 is 11.9 Å². The van der Waals surface area contributed by atoms with Crippen molar-refractivity contribution in [3.05, 3.63) is 101 Å². The van der Waals surface area contributed by atoms with E-state index in [1.165, 1.54) is 19.8 Å². The average molecular weight is 599 g/mol. The minimum absolute atomic E-state index is 0.151. The Labute approximate surface area is 249 Å². The van der Waals surface area contributed by atoms with Crippen molar-refractivity contribution in [3.63, 3.8) is 0 Å². The van der Waals surface area contributed by atoms with E-state index in [0.29, 0.717) is 12.8 Å². The Hall–Kier alpha value is -3.53. The summed E-state index contributed by atoms with van der Waals surface area (Å²) in [6.45, 7) is 2.29. The molecule has 228 valence electrons. The van der Waals surface area contributed by atoms with Gasteiger partial charge in [0.15, 0.2) is 0 Å². The zero-order chi connectivity index (χ0) is 30.8. The number of ether oxygens (including phenoxy) is 2. The van der Waals surface area contributed by atoms with Gasteiger partial charge in [0.1, 0.15) is 0 Å². The van der Waals surface area contributed by atoms with E-state index in [0.717, 1.165) is 54.4 Å². The first-order chi connectivity index (χ1) is 20.2. The van der Waals surface area contributed by atoms with Gasteiger partial charge in [-0.1, -0.05) is 66.2 Å².